The van der Waals surface area contributed by atoms with E-state index in [1.54, 1.807) is 43.3 Å². The highest BCUT2D eigenvalue weighted by Crippen LogP contribution is 2.37. The van der Waals surface area contributed by atoms with Gasteiger partial charge in [0, 0.05) is 17.7 Å². The van der Waals surface area contributed by atoms with Crippen LogP contribution in [0, 0.1) is 20.8 Å². The van der Waals surface area contributed by atoms with Gasteiger partial charge in [-0.15, -0.1) is 0 Å². The number of carbonyl (C=O) groups excluding carboxylic acids is 2. The van der Waals surface area contributed by atoms with Gasteiger partial charge in [-0.25, -0.2) is 12.7 Å². The zero-order valence-corrected chi connectivity index (χ0v) is 21.1. The average Bonchev–Trinajstić information content (AvgIpc) is 2.99. The van der Waals surface area contributed by atoms with Crippen LogP contribution in [0.1, 0.15) is 50.7 Å². The fourth-order valence-electron chi connectivity index (χ4n) is 4.12. The van der Waals surface area contributed by atoms with Gasteiger partial charge in [0.15, 0.2) is 0 Å². The van der Waals surface area contributed by atoms with E-state index in [0.717, 1.165) is 26.6 Å². The third kappa shape index (κ3) is 4.77. The molecule has 1 N–H and O–H groups in total. The number of nitrogens with zero attached hydrogens (tertiary/aromatic N) is 1. The average molecular weight is 489 g/mol. The first-order valence-corrected chi connectivity index (χ1v) is 12.8. The minimum Gasteiger partial charge on any atom is -0.348 e. The maximum Gasteiger partial charge on any atom is 0.268 e. The summed E-state index contributed by atoms with van der Waals surface area (Å²) in [4.78, 5) is 25.5. The molecule has 0 aliphatic carbocycles. The molecule has 180 valence electrons. The lowest BCUT2D eigenvalue weighted by molar-refractivity contribution is -0.122. The normalized spacial score (nSPS) is 15.0. The van der Waals surface area contributed by atoms with E-state index in [-0.39, 0.29) is 22.9 Å². The molecule has 3 aromatic carbocycles. The first kappa shape index (κ1) is 24.4. The summed E-state index contributed by atoms with van der Waals surface area (Å²) in [7, 11) is -3.99. The van der Waals surface area contributed by atoms with E-state index in [1.165, 1.54) is 0 Å². The van der Waals surface area contributed by atoms with E-state index < -0.39 is 15.9 Å². The van der Waals surface area contributed by atoms with Crippen LogP contribution in [0.4, 0.5) is 0 Å². The zero-order chi connectivity index (χ0) is 25.3. The molecule has 2 amide bonds. The molecule has 35 heavy (non-hydrogen) atoms. The van der Waals surface area contributed by atoms with Crippen LogP contribution in [0.3, 0.4) is 0 Å². The molecule has 4 rings (SSSR count). The van der Waals surface area contributed by atoms with Crippen LogP contribution in [-0.4, -0.2) is 24.5 Å². The van der Waals surface area contributed by atoms with Crippen molar-refractivity contribution in [1.29, 1.82) is 0 Å². The molecular formula is C28H28N2O4S. The Balaban J connectivity index is 1.48. The van der Waals surface area contributed by atoms with Gasteiger partial charge in [0.1, 0.15) is 4.91 Å². The summed E-state index contributed by atoms with van der Waals surface area (Å²) >= 11 is 0. The van der Waals surface area contributed by atoms with E-state index >= 15 is 0 Å². The van der Waals surface area contributed by atoms with Crippen molar-refractivity contribution < 1.29 is 18.0 Å². The molecule has 3 aromatic rings. The highest BCUT2D eigenvalue weighted by Gasteiger charge is 2.42. The highest BCUT2D eigenvalue weighted by molar-refractivity contribution is 7.99. The van der Waals surface area contributed by atoms with Crippen LogP contribution in [-0.2, 0) is 27.9 Å². The van der Waals surface area contributed by atoms with Crippen LogP contribution in [0.5, 0.6) is 0 Å². The van der Waals surface area contributed by atoms with Gasteiger partial charge in [-0.05, 0) is 73.2 Å². The largest absolute Gasteiger partial charge is 0.348 e. The van der Waals surface area contributed by atoms with Crippen LogP contribution >= 0.6 is 0 Å². The van der Waals surface area contributed by atoms with E-state index in [4.69, 9.17) is 0 Å². The molecule has 0 bridgehead atoms. The quantitative estimate of drug-likeness (QED) is 0.548. The van der Waals surface area contributed by atoms with Gasteiger partial charge in [-0.1, -0.05) is 54.6 Å². The fraction of sp³-hybridized carbons (Fsp3) is 0.214. The van der Waals surface area contributed by atoms with E-state index in [2.05, 4.69) is 5.32 Å². The Morgan fingerprint density at radius 2 is 1.54 bits per heavy atom. The summed E-state index contributed by atoms with van der Waals surface area (Å²) in [5, 5.41) is 2.90. The number of aryl methyl sites for hydroxylation is 3. The Morgan fingerprint density at radius 1 is 0.857 bits per heavy atom. The third-order valence-corrected chi connectivity index (χ3v) is 8.38. The molecule has 0 radical (unpaired) electrons. The maximum atomic E-state index is 13.3. The van der Waals surface area contributed by atoms with Crippen molar-refractivity contribution >= 4 is 26.7 Å². The minimum absolute atomic E-state index is 0.0535. The highest BCUT2D eigenvalue weighted by atomic mass is 32.2. The molecule has 0 atom stereocenters. The van der Waals surface area contributed by atoms with Crippen molar-refractivity contribution in [3.63, 3.8) is 0 Å². The van der Waals surface area contributed by atoms with Crippen molar-refractivity contribution in [3.8, 4) is 0 Å². The Kier molecular flexibility index (Phi) is 6.63. The van der Waals surface area contributed by atoms with Gasteiger partial charge >= 0.3 is 0 Å². The van der Waals surface area contributed by atoms with E-state index in [0.29, 0.717) is 23.2 Å². The zero-order valence-electron chi connectivity index (χ0n) is 20.3. The van der Waals surface area contributed by atoms with Crippen LogP contribution in [0.15, 0.2) is 72.3 Å². The molecule has 0 aromatic heterocycles. The second-order valence-electron chi connectivity index (χ2n) is 8.88. The summed E-state index contributed by atoms with van der Waals surface area (Å²) in [6, 6.07) is 19.9. The Morgan fingerprint density at radius 3 is 2.20 bits per heavy atom. The minimum atomic E-state index is -3.99. The Labute approximate surface area is 206 Å². The van der Waals surface area contributed by atoms with E-state index in [1.807, 2.05) is 51.1 Å². The SMILES string of the molecule is CC1=C(c2ccc(C)c(C)c2)S(=O)(=O)N(Cc2ccc(C(=O)NCc3ccccc3C)cc2)C1=O. The standard InChI is InChI=1S/C28H28N2O4S/c1-18-9-12-24(15-20(18)3)26-21(4)28(32)30(35(26,33)34)17-22-10-13-23(14-11-22)27(31)29-16-25-8-6-5-7-19(25)2/h5-15H,16-17H2,1-4H3,(H,29,31). The summed E-state index contributed by atoms with van der Waals surface area (Å²) in [5.74, 6) is -0.752. The second-order valence-corrected chi connectivity index (χ2v) is 10.7. The third-order valence-electron chi connectivity index (χ3n) is 6.45. The van der Waals surface area contributed by atoms with Gasteiger partial charge in [-0.3, -0.25) is 9.59 Å². The lowest BCUT2D eigenvalue weighted by Gasteiger charge is -2.17. The van der Waals surface area contributed by atoms with Crippen LogP contribution < -0.4 is 5.32 Å². The Hall–Kier alpha value is -3.71. The monoisotopic (exact) mass is 488 g/mol. The number of hydrogen-bond acceptors (Lipinski definition) is 4. The summed E-state index contributed by atoms with van der Waals surface area (Å²) in [5.41, 5.74) is 5.95. The van der Waals surface area contributed by atoms with Gasteiger partial charge in [0.25, 0.3) is 21.8 Å². The number of nitrogens with one attached hydrogen (secondary N) is 1. The number of hydrogen-bond donors (Lipinski definition) is 1. The molecule has 0 fully saturated rings. The molecular weight excluding hydrogens is 460 g/mol. The molecule has 1 aliphatic rings. The fourth-order valence-corrected chi connectivity index (χ4v) is 5.91. The lowest BCUT2D eigenvalue weighted by atomic mass is 10.0. The molecule has 1 heterocycles. The molecule has 7 heteroatoms. The predicted molar refractivity (Wildman–Crippen MR) is 137 cm³/mol. The van der Waals surface area contributed by atoms with Gasteiger partial charge in [-0.2, -0.15) is 0 Å². The van der Waals surface area contributed by atoms with Crippen LogP contribution in [0.25, 0.3) is 4.91 Å². The molecule has 0 spiro atoms. The molecule has 0 unspecified atom stereocenters. The number of benzene rings is 3. The first-order chi connectivity index (χ1) is 16.6. The van der Waals surface area contributed by atoms with Crippen molar-refractivity contribution in [2.45, 2.75) is 40.8 Å². The predicted octanol–water partition coefficient (Wildman–Crippen LogP) is 4.65. The first-order valence-electron chi connectivity index (χ1n) is 11.4. The smallest absolute Gasteiger partial charge is 0.268 e. The van der Waals surface area contributed by atoms with Crippen molar-refractivity contribution in [3.05, 3.63) is 111 Å². The number of carbonyl (C=O) groups is 2. The number of sulfonamides is 1. The molecule has 0 saturated carbocycles. The number of amides is 2. The topological polar surface area (TPSA) is 83.6 Å². The lowest BCUT2D eigenvalue weighted by Crippen LogP contribution is -2.31. The van der Waals surface area contributed by atoms with Crippen molar-refractivity contribution in [2.75, 3.05) is 0 Å². The summed E-state index contributed by atoms with van der Waals surface area (Å²) < 4.78 is 27.5. The van der Waals surface area contributed by atoms with Gasteiger partial charge in [0.05, 0.1) is 6.54 Å². The second kappa shape index (κ2) is 9.50. The van der Waals surface area contributed by atoms with Gasteiger partial charge < -0.3 is 5.32 Å². The Bertz CT molecular complexity index is 1450. The molecule has 1 aliphatic heterocycles. The van der Waals surface area contributed by atoms with Crippen molar-refractivity contribution in [2.24, 2.45) is 0 Å². The van der Waals surface area contributed by atoms with Gasteiger partial charge in [0.2, 0.25) is 0 Å². The number of rotatable bonds is 6. The van der Waals surface area contributed by atoms with Crippen LogP contribution in [0.2, 0.25) is 0 Å². The molecule has 0 saturated heterocycles. The van der Waals surface area contributed by atoms with E-state index in [9.17, 15) is 18.0 Å². The maximum absolute atomic E-state index is 13.3. The summed E-state index contributed by atoms with van der Waals surface area (Å²) in [6.07, 6.45) is 0. The summed E-state index contributed by atoms with van der Waals surface area (Å²) in [6.45, 7) is 7.72. The van der Waals surface area contributed by atoms with Crippen molar-refractivity contribution in [1.82, 2.24) is 9.62 Å². The molecule has 6 nitrogen and oxygen atoms in total.